The first-order chi connectivity index (χ1) is 16.8. The molecule has 0 aliphatic carbocycles. The molecule has 1 aromatic carbocycles. The summed E-state index contributed by atoms with van der Waals surface area (Å²) in [6.45, 7) is 20.2. The Morgan fingerprint density at radius 2 is 1.56 bits per heavy atom. The van der Waals surface area contributed by atoms with Crippen LogP contribution in [0.4, 0.5) is 0 Å². The van der Waals surface area contributed by atoms with Crippen molar-refractivity contribution in [2.45, 2.75) is 109 Å². The van der Waals surface area contributed by atoms with Crippen molar-refractivity contribution in [1.82, 2.24) is 0 Å². The van der Waals surface area contributed by atoms with Crippen LogP contribution in [0.2, 0.25) is 30.7 Å². The molecule has 1 saturated heterocycles. The Balaban J connectivity index is 1.85. The van der Waals surface area contributed by atoms with Crippen molar-refractivity contribution in [1.29, 1.82) is 0 Å². The van der Waals surface area contributed by atoms with Crippen molar-refractivity contribution in [2.24, 2.45) is 0 Å². The Morgan fingerprint density at radius 3 is 2.11 bits per heavy atom. The van der Waals surface area contributed by atoms with E-state index >= 15 is 0 Å². The van der Waals surface area contributed by atoms with Gasteiger partial charge in [0.2, 0.25) is 0 Å². The summed E-state index contributed by atoms with van der Waals surface area (Å²) >= 11 is 0. The molecular weight excluding hydrogens is 480 g/mol. The summed E-state index contributed by atoms with van der Waals surface area (Å²) < 4.78 is 24.9. The van der Waals surface area contributed by atoms with Crippen molar-refractivity contribution < 1.29 is 18.6 Å². The molecule has 0 radical (unpaired) electrons. The van der Waals surface area contributed by atoms with Crippen LogP contribution >= 0.6 is 0 Å². The molecule has 3 rings (SSSR count). The van der Waals surface area contributed by atoms with Gasteiger partial charge in [-0.2, -0.15) is 0 Å². The summed E-state index contributed by atoms with van der Waals surface area (Å²) in [6.07, 6.45) is 4.62. The minimum atomic E-state index is -2.49. The van der Waals surface area contributed by atoms with Crippen LogP contribution in [0, 0.1) is 22.9 Å². The Bertz CT molecular complexity index is 1040. The Hall–Kier alpha value is -1.81. The van der Waals surface area contributed by atoms with Gasteiger partial charge in [0.15, 0.2) is 11.9 Å². The van der Waals surface area contributed by atoms with E-state index < -0.39 is 22.2 Å². The predicted octanol–water partition coefficient (Wildman–Crippen LogP) is 6.41. The molecule has 4 nitrogen and oxygen atoms in total. The minimum Gasteiger partial charge on any atom is -0.493 e. The summed E-state index contributed by atoms with van der Waals surface area (Å²) in [4.78, 5) is 0. The summed E-state index contributed by atoms with van der Waals surface area (Å²) in [5.41, 5.74) is 10.4. The van der Waals surface area contributed by atoms with Crippen molar-refractivity contribution in [3.8, 4) is 22.9 Å². The van der Waals surface area contributed by atoms with Crippen molar-refractivity contribution >= 4 is 16.4 Å². The number of hydrogen-bond donors (Lipinski definition) is 0. The third-order valence-electron chi connectivity index (χ3n) is 6.70. The van der Waals surface area contributed by atoms with E-state index in [1.807, 2.05) is 19.9 Å². The van der Waals surface area contributed by atoms with Gasteiger partial charge < -0.3 is 18.6 Å². The van der Waals surface area contributed by atoms with Crippen LogP contribution in [-0.4, -0.2) is 47.1 Å². The molecule has 3 atom stereocenters. The number of fused-ring (bicyclic) bond motifs is 1. The lowest BCUT2D eigenvalue weighted by atomic mass is 10.0. The number of rotatable bonds is 6. The number of ether oxygens (including phenoxy) is 3. The molecule has 2 aliphatic rings. The van der Waals surface area contributed by atoms with Gasteiger partial charge in [-0.15, -0.1) is 17.4 Å². The Labute approximate surface area is 221 Å². The number of benzene rings is 1. The highest BCUT2D eigenvalue weighted by molar-refractivity contribution is 6.84. The quantitative estimate of drug-likeness (QED) is 0.318. The van der Waals surface area contributed by atoms with E-state index in [0.29, 0.717) is 24.1 Å². The third kappa shape index (κ3) is 7.37. The fourth-order valence-corrected chi connectivity index (χ4v) is 8.88. The maximum atomic E-state index is 7.04. The standard InChI is InChI=1S/C30H44O4Si2/c1-23(2)36(24(3)4,34-27-18-19-31-28-22-32-30(5,6)33-29(27)28)21-13-17-26-15-11-10-14-25(26)16-12-20-35(7,8)9/h10-11,14-15,18-19,23-24,27-29H,16-17,22H2,1-9H3/t27-,28-,29+/m1/s1. The van der Waals surface area contributed by atoms with E-state index in [1.165, 1.54) is 11.1 Å². The summed E-state index contributed by atoms with van der Waals surface area (Å²) in [7, 11) is -3.87. The molecule has 2 heterocycles. The van der Waals surface area contributed by atoms with Gasteiger partial charge in [0.1, 0.15) is 14.2 Å². The minimum absolute atomic E-state index is 0.170. The molecule has 2 aliphatic heterocycles. The molecule has 0 bridgehead atoms. The first-order valence-electron chi connectivity index (χ1n) is 13.2. The molecule has 0 unspecified atom stereocenters. The maximum absolute atomic E-state index is 7.04. The van der Waals surface area contributed by atoms with Crippen molar-refractivity contribution in [3.63, 3.8) is 0 Å². The lowest BCUT2D eigenvalue weighted by Gasteiger charge is -2.47. The Kier molecular flexibility index (Phi) is 9.36. The summed E-state index contributed by atoms with van der Waals surface area (Å²) in [5.74, 6) is 6.31. The Morgan fingerprint density at radius 1 is 0.972 bits per heavy atom. The van der Waals surface area contributed by atoms with Crippen LogP contribution in [-0.2, 0) is 31.5 Å². The van der Waals surface area contributed by atoms with E-state index in [9.17, 15) is 0 Å². The largest absolute Gasteiger partial charge is 0.493 e. The zero-order chi connectivity index (χ0) is 26.6. The van der Waals surface area contributed by atoms with Crippen molar-refractivity contribution in [2.75, 3.05) is 6.61 Å². The molecule has 0 aromatic heterocycles. The third-order valence-corrected chi connectivity index (χ3v) is 12.3. The van der Waals surface area contributed by atoms with Crippen LogP contribution < -0.4 is 0 Å². The van der Waals surface area contributed by atoms with Gasteiger partial charge in [-0.25, -0.2) is 0 Å². The van der Waals surface area contributed by atoms with Crippen LogP contribution in [0.1, 0.15) is 52.7 Å². The second-order valence-electron chi connectivity index (χ2n) is 12.0. The fourth-order valence-electron chi connectivity index (χ4n) is 4.72. The zero-order valence-electron chi connectivity index (χ0n) is 23.6. The van der Waals surface area contributed by atoms with Crippen LogP contribution in [0.25, 0.3) is 0 Å². The van der Waals surface area contributed by atoms with Gasteiger partial charge in [0.05, 0.1) is 19.0 Å². The zero-order valence-corrected chi connectivity index (χ0v) is 25.6. The highest BCUT2D eigenvalue weighted by Crippen LogP contribution is 2.38. The van der Waals surface area contributed by atoms with Crippen LogP contribution in [0.5, 0.6) is 0 Å². The molecule has 36 heavy (non-hydrogen) atoms. The molecule has 0 amide bonds. The van der Waals surface area contributed by atoms with Gasteiger partial charge in [-0.3, -0.25) is 0 Å². The molecule has 196 valence electrons. The smallest absolute Gasteiger partial charge is 0.277 e. The molecule has 0 spiro atoms. The van der Waals surface area contributed by atoms with E-state index in [4.69, 9.17) is 18.6 Å². The van der Waals surface area contributed by atoms with Gasteiger partial charge >= 0.3 is 0 Å². The monoisotopic (exact) mass is 524 g/mol. The topological polar surface area (TPSA) is 36.9 Å². The highest BCUT2D eigenvalue weighted by atomic mass is 28.4. The average molecular weight is 525 g/mol. The van der Waals surface area contributed by atoms with E-state index in [1.54, 1.807) is 6.26 Å². The van der Waals surface area contributed by atoms with Gasteiger partial charge in [0, 0.05) is 12.8 Å². The van der Waals surface area contributed by atoms with E-state index in [2.05, 4.69) is 94.5 Å². The van der Waals surface area contributed by atoms with Crippen molar-refractivity contribution in [3.05, 3.63) is 47.7 Å². The van der Waals surface area contributed by atoms with E-state index in [-0.39, 0.29) is 18.3 Å². The first-order valence-corrected chi connectivity index (χ1v) is 18.8. The maximum Gasteiger partial charge on any atom is 0.277 e. The van der Waals surface area contributed by atoms with Gasteiger partial charge in [-0.05, 0) is 42.1 Å². The SMILES string of the molecule is CC(C)[Si](C#CCc1ccccc1CC#C[Si](C)(C)C)(O[C@@H]1C=CO[C@@H]2COC(C)(C)O[C@@H]12)C(C)C. The second-order valence-corrected chi connectivity index (χ2v) is 21.1. The molecular formula is C30H44O4Si2. The predicted molar refractivity (Wildman–Crippen MR) is 152 cm³/mol. The second kappa shape index (κ2) is 11.7. The molecule has 1 fully saturated rings. The lowest BCUT2D eigenvalue weighted by Crippen LogP contribution is -2.58. The van der Waals surface area contributed by atoms with Gasteiger partial charge in [0.25, 0.3) is 8.32 Å². The summed E-state index contributed by atoms with van der Waals surface area (Å²) in [6, 6.07) is 8.55. The molecule has 6 heteroatoms. The normalized spacial score (nSPS) is 23.2. The fraction of sp³-hybridized carbons (Fsp3) is 0.600. The molecule has 0 saturated carbocycles. The first kappa shape index (κ1) is 28.8. The highest BCUT2D eigenvalue weighted by Gasteiger charge is 2.49. The number of hydrogen-bond acceptors (Lipinski definition) is 4. The average Bonchev–Trinajstić information content (AvgIpc) is 2.78. The molecule has 1 aromatic rings. The lowest BCUT2D eigenvalue weighted by molar-refractivity contribution is -0.317. The molecule has 0 N–H and O–H groups in total. The summed E-state index contributed by atoms with van der Waals surface area (Å²) in [5, 5.41) is 0. The van der Waals surface area contributed by atoms with Crippen LogP contribution in [0.3, 0.4) is 0 Å². The van der Waals surface area contributed by atoms with E-state index in [0.717, 1.165) is 6.42 Å². The van der Waals surface area contributed by atoms with Gasteiger partial charge in [-0.1, -0.05) is 77.1 Å². The van der Waals surface area contributed by atoms with Crippen LogP contribution in [0.15, 0.2) is 36.6 Å².